The first-order valence-electron chi connectivity index (χ1n) is 8.53. The number of anilines is 1. The summed E-state index contributed by atoms with van der Waals surface area (Å²) in [5.41, 5.74) is 2.03. The molecule has 132 valence electrons. The Kier molecular flexibility index (Phi) is 4.62. The molecule has 1 aromatic carbocycles. The second-order valence-electron chi connectivity index (χ2n) is 6.58. The van der Waals surface area contributed by atoms with Crippen molar-refractivity contribution in [2.45, 2.75) is 6.04 Å². The molecule has 2 bridgehead atoms. The molecular weight excluding hydrogens is 384 g/mol. The number of rotatable bonds is 4. The zero-order valence-electron chi connectivity index (χ0n) is 14.2. The van der Waals surface area contributed by atoms with E-state index in [4.69, 9.17) is 4.74 Å². The van der Waals surface area contributed by atoms with Crippen molar-refractivity contribution < 1.29 is 9.53 Å². The van der Waals surface area contributed by atoms with Crippen molar-refractivity contribution >= 4 is 38.5 Å². The summed E-state index contributed by atoms with van der Waals surface area (Å²) < 4.78 is 5.83. The molecule has 4 heterocycles. The molecule has 0 radical (unpaired) electrons. The topological polar surface area (TPSA) is 57.7 Å². The number of hydrogen-bond donors (Lipinski definition) is 1. The van der Waals surface area contributed by atoms with Crippen LogP contribution < -0.4 is 5.32 Å². The molecule has 1 N–H and O–H groups in total. The summed E-state index contributed by atoms with van der Waals surface area (Å²) in [4.78, 5) is 21.4. The number of esters is 1. The zero-order chi connectivity index (χ0) is 17.4. The summed E-state index contributed by atoms with van der Waals surface area (Å²) >= 11 is 3.52. The van der Waals surface area contributed by atoms with Gasteiger partial charge in [-0.2, -0.15) is 0 Å². The molecule has 0 amide bonds. The molecule has 1 aromatic heterocycles. The second-order valence-corrected chi connectivity index (χ2v) is 7.50. The van der Waals surface area contributed by atoms with Crippen LogP contribution >= 0.6 is 15.9 Å². The lowest BCUT2D eigenvalue weighted by atomic mass is 10.1. The van der Waals surface area contributed by atoms with E-state index >= 15 is 0 Å². The number of ether oxygens (including phenoxy) is 1. The number of hydrogen-bond acceptors (Lipinski definition) is 6. The largest absolute Gasteiger partial charge is 0.464 e. The van der Waals surface area contributed by atoms with E-state index < -0.39 is 5.97 Å². The molecule has 0 saturated carbocycles. The Balaban J connectivity index is 1.62. The van der Waals surface area contributed by atoms with Crippen molar-refractivity contribution in [2.75, 3.05) is 51.7 Å². The predicted molar refractivity (Wildman–Crippen MR) is 101 cm³/mol. The maximum absolute atomic E-state index is 11.9. The molecule has 6 nitrogen and oxygen atoms in total. The van der Waals surface area contributed by atoms with Gasteiger partial charge in [-0.1, -0.05) is 15.9 Å². The van der Waals surface area contributed by atoms with Gasteiger partial charge in [-0.05, 0) is 24.3 Å². The van der Waals surface area contributed by atoms with Crippen LogP contribution in [-0.2, 0) is 4.74 Å². The van der Waals surface area contributed by atoms with Gasteiger partial charge in [0.05, 0.1) is 12.6 Å². The Labute approximate surface area is 155 Å². The standard InChI is InChI=1S/C18H21BrN4O2/c1-25-18(24)17-9-16(14-8-12(19)2-3-15(14)21-17)20-10-13-11-22-4-6-23(13)7-5-22/h2-3,8-9,13H,4-7,10-11H2,1H3,(H,20,21). The fraction of sp³-hybridized carbons (Fsp3) is 0.444. The predicted octanol–water partition coefficient (Wildman–Crippen LogP) is 2.20. The van der Waals surface area contributed by atoms with Gasteiger partial charge < -0.3 is 10.1 Å². The number of benzene rings is 1. The van der Waals surface area contributed by atoms with Gasteiger partial charge in [0.2, 0.25) is 0 Å². The Bertz CT molecular complexity index is 805. The molecule has 0 aliphatic carbocycles. The number of carbonyl (C=O) groups excluding carboxylic acids is 1. The molecule has 1 unspecified atom stereocenters. The molecule has 0 spiro atoms. The minimum atomic E-state index is -0.417. The molecule has 1 atom stereocenters. The van der Waals surface area contributed by atoms with Gasteiger partial charge in [-0.3, -0.25) is 9.80 Å². The maximum atomic E-state index is 11.9. The Morgan fingerprint density at radius 1 is 1.32 bits per heavy atom. The number of carbonyl (C=O) groups is 1. The second kappa shape index (κ2) is 6.90. The number of methoxy groups -OCH3 is 1. The van der Waals surface area contributed by atoms with E-state index in [-0.39, 0.29) is 0 Å². The molecule has 7 heteroatoms. The third-order valence-electron chi connectivity index (χ3n) is 5.09. The van der Waals surface area contributed by atoms with Gasteiger partial charge in [0.15, 0.2) is 5.69 Å². The van der Waals surface area contributed by atoms with Crippen molar-refractivity contribution in [3.05, 3.63) is 34.4 Å². The number of nitrogens with one attached hydrogen (secondary N) is 1. The van der Waals surface area contributed by atoms with Crippen LogP contribution in [0, 0.1) is 0 Å². The third-order valence-corrected chi connectivity index (χ3v) is 5.58. The van der Waals surface area contributed by atoms with Crippen molar-refractivity contribution in [3.63, 3.8) is 0 Å². The van der Waals surface area contributed by atoms with Crippen LogP contribution in [0.4, 0.5) is 5.69 Å². The summed E-state index contributed by atoms with van der Waals surface area (Å²) in [6.07, 6.45) is 0. The monoisotopic (exact) mass is 404 g/mol. The summed E-state index contributed by atoms with van der Waals surface area (Å²) in [7, 11) is 1.38. The highest BCUT2D eigenvalue weighted by Gasteiger charge is 2.31. The fourth-order valence-electron chi connectivity index (χ4n) is 3.70. The number of piperazine rings is 3. The SMILES string of the molecule is COC(=O)c1cc(NCC2CN3CCN2CC3)c2cc(Br)ccc2n1. The highest BCUT2D eigenvalue weighted by Crippen LogP contribution is 2.27. The first-order chi connectivity index (χ1) is 12.1. The van der Waals surface area contributed by atoms with Crippen molar-refractivity contribution in [1.82, 2.24) is 14.8 Å². The van der Waals surface area contributed by atoms with Crippen LogP contribution in [0.2, 0.25) is 0 Å². The first kappa shape index (κ1) is 16.8. The number of nitrogens with zero attached hydrogens (tertiary/aromatic N) is 3. The molecule has 2 aromatic rings. The van der Waals surface area contributed by atoms with Gasteiger partial charge >= 0.3 is 5.97 Å². The first-order valence-corrected chi connectivity index (χ1v) is 9.32. The number of fused-ring (bicyclic) bond motifs is 4. The molecule has 3 fully saturated rings. The van der Waals surface area contributed by atoms with Gasteiger partial charge in [-0.15, -0.1) is 0 Å². The molecular formula is C18H21BrN4O2. The van der Waals surface area contributed by atoms with Gasteiger partial charge in [0.25, 0.3) is 0 Å². The van der Waals surface area contributed by atoms with Gasteiger partial charge in [0.1, 0.15) is 0 Å². The fourth-order valence-corrected chi connectivity index (χ4v) is 4.06. The van der Waals surface area contributed by atoms with Gasteiger partial charge in [-0.25, -0.2) is 9.78 Å². The van der Waals surface area contributed by atoms with Crippen LogP contribution in [0.3, 0.4) is 0 Å². The lowest BCUT2D eigenvalue weighted by molar-refractivity contribution is 0.0189. The van der Waals surface area contributed by atoms with Crippen molar-refractivity contribution in [2.24, 2.45) is 0 Å². The minimum absolute atomic E-state index is 0.328. The molecule has 5 rings (SSSR count). The Morgan fingerprint density at radius 2 is 2.12 bits per heavy atom. The van der Waals surface area contributed by atoms with Crippen LogP contribution in [0.25, 0.3) is 10.9 Å². The van der Waals surface area contributed by atoms with Crippen LogP contribution in [0.5, 0.6) is 0 Å². The lowest BCUT2D eigenvalue weighted by Gasteiger charge is -2.47. The average Bonchev–Trinajstić information content (AvgIpc) is 2.66. The minimum Gasteiger partial charge on any atom is -0.464 e. The zero-order valence-corrected chi connectivity index (χ0v) is 15.8. The smallest absolute Gasteiger partial charge is 0.356 e. The number of halogens is 1. The van der Waals surface area contributed by atoms with Crippen molar-refractivity contribution in [1.29, 1.82) is 0 Å². The number of pyridine rings is 1. The molecule has 3 saturated heterocycles. The Hall–Kier alpha value is -1.70. The Morgan fingerprint density at radius 3 is 2.80 bits per heavy atom. The van der Waals surface area contributed by atoms with Crippen LogP contribution in [0.15, 0.2) is 28.7 Å². The summed E-state index contributed by atoms with van der Waals surface area (Å²) in [6.45, 7) is 6.58. The average molecular weight is 405 g/mol. The highest BCUT2D eigenvalue weighted by atomic mass is 79.9. The van der Waals surface area contributed by atoms with E-state index in [0.717, 1.165) is 47.2 Å². The van der Waals surface area contributed by atoms with Crippen molar-refractivity contribution in [3.8, 4) is 0 Å². The molecule has 3 aliphatic heterocycles. The summed E-state index contributed by atoms with van der Waals surface area (Å²) in [6, 6.07) is 8.16. The van der Waals surface area contributed by atoms with E-state index in [2.05, 4.69) is 36.0 Å². The quantitative estimate of drug-likeness (QED) is 0.788. The van der Waals surface area contributed by atoms with Crippen LogP contribution in [-0.4, -0.2) is 73.2 Å². The van der Waals surface area contributed by atoms with E-state index in [1.807, 2.05) is 18.2 Å². The summed E-state index contributed by atoms with van der Waals surface area (Å²) in [5.74, 6) is -0.417. The molecule has 25 heavy (non-hydrogen) atoms. The summed E-state index contributed by atoms with van der Waals surface area (Å²) in [5, 5.41) is 4.55. The number of aromatic nitrogens is 1. The maximum Gasteiger partial charge on any atom is 0.356 e. The van der Waals surface area contributed by atoms with Crippen LogP contribution in [0.1, 0.15) is 10.5 Å². The molecule has 3 aliphatic rings. The van der Waals surface area contributed by atoms with E-state index in [9.17, 15) is 4.79 Å². The third kappa shape index (κ3) is 3.36. The normalized spacial score (nSPS) is 25.1. The van der Waals surface area contributed by atoms with E-state index in [1.54, 1.807) is 6.07 Å². The van der Waals surface area contributed by atoms with Gasteiger partial charge in [0, 0.05) is 60.9 Å². The van der Waals surface area contributed by atoms with E-state index in [1.165, 1.54) is 20.2 Å². The lowest BCUT2D eigenvalue weighted by Crippen LogP contribution is -2.62. The van der Waals surface area contributed by atoms with E-state index in [0.29, 0.717) is 11.7 Å². The highest BCUT2D eigenvalue weighted by molar-refractivity contribution is 9.10.